The summed E-state index contributed by atoms with van der Waals surface area (Å²) in [5, 5.41) is 11.0. The van der Waals surface area contributed by atoms with E-state index in [0.29, 0.717) is 29.9 Å². The maximum absolute atomic E-state index is 6.50. The molecule has 188 valence electrons. The van der Waals surface area contributed by atoms with Crippen molar-refractivity contribution in [2.24, 2.45) is 5.84 Å². The summed E-state index contributed by atoms with van der Waals surface area (Å²) in [4.78, 5) is 4.25. The summed E-state index contributed by atoms with van der Waals surface area (Å²) in [6, 6.07) is 17.3. The number of hydrazine groups is 1. The maximum Gasteiger partial charge on any atom is 0.165 e. The van der Waals surface area contributed by atoms with E-state index in [2.05, 4.69) is 64.4 Å². The van der Waals surface area contributed by atoms with E-state index in [4.69, 9.17) is 22.4 Å². The molecule has 4 aromatic rings. The number of nitrogen functional groups attached to an aromatic ring is 3. The van der Waals surface area contributed by atoms with E-state index in [1.54, 1.807) is 0 Å². The van der Waals surface area contributed by atoms with Gasteiger partial charge < -0.3 is 22.2 Å². The number of anilines is 3. The minimum absolute atomic E-state index is 0.0137. The maximum atomic E-state index is 6.50. The Labute approximate surface area is 212 Å². The summed E-state index contributed by atoms with van der Waals surface area (Å²) in [5.41, 5.74) is 19.0. The Kier molecular flexibility index (Phi) is 7.34. The third-order valence-corrected chi connectivity index (χ3v) is 7.36. The van der Waals surface area contributed by atoms with E-state index < -0.39 is 0 Å². The van der Waals surface area contributed by atoms with Crippen LogP contribution in [0.5, 0.6) is 0 Å². The van der Waals surface area contributed by atoms with Crippen molar-refractivity contribution >= 4 is 28.1 Å². The van der Waals surface area contributed by atoms with Gasteiger partial charge in [0.25, 0.3) is 0 Å². The molecular weight excluding hydrogens is 448 g/mol. The molecule has 0 amide bonds. The third-order valence-electron chi connectivity index (χ3n) is 7.36. The molecule has 8 N–H and O–H groups in total. The number of hydrogen-bond donors (Lipinski definition) is 5. The van der Waals surface area contributed by atoms with Gasteiger partial charge >= 0.3 is 0 Å². The van der Waals surface area contributed by atoms with Gasteiger partial charge in [0.05, 0.1) is 18.4 Å². The van der Waals surface area contributed by atoms with Crippen molar-refractivity contribution in [2.75, 3.05) is 23.4 Å². The molecule has 1 unspecified atom stereocenters. The minimum Gasteiger partial charge on any atom is -0.395 e. The zero-order chi connectivity index (χ0) is 24.9. The first-order valence-corrected chi connectivity index (χ1v) is 12.9. The number of nitrogens with zero attached hydrogens (tertiary/aromatic N) is 3. The molecule has 1 atom stereocenters. The number of benzene rings is 2. The lowest BCUT2D eigenvalue weighted by Crippen LogP contribution is -2.32. The van der Waals surface area contributed by atoms with Crippen LogP contribution in [-0.4, -0.2) is 27.4 Å². The van der Waals surface area contributed by atoms with E-state index >= 15 is 0 Å². The fourth-order valence-electron chi connectivity index (χ4n) is 5.48. The molecule has 0 aliphatic heterocycles. The number of fused-ring (bicyclic) bond motifs is 1. The lowest BCUT2D eigenvalue weighted by molar-refractivity contribution is 0.370. The smallest absolute Gasteiger partial charge is 0.165 e. The molecular formula is C28H36N8. The van der Waals surface area contributed by atoms with E-state index in [0.717, 1.165) is 24.1 Å². The third kappa shape index (κ3) is 5.29. The number of hydrogen-bond acceptors (Lipinski definition) is 7. The summed E-state index contributed by atoms with van der Waals surface area (Å²) in [5.74, 6) is 6.49. The van der Waals surface area contributed by atoms with Crippen molar-refractivity contribution in [2.45, 2.75) is 57.0 Å². The first-order valence-electron chi connectivity index (χ1n) is 12.9. The molecule has 2 aromatic heterocycles. The van der Waals surface area contributed by atoms with Crippen LogP contribution in [0.3, 0.4) is 0 Å². The predicted octanol–water partition coefficient (Wildman–Crippen LogP) is 4.37. The van der Waals surface area contributed by atoms with Gasteiger partial charge in [-0.3, -0.25) is 4.68 Å². The molecule has 2 heterocycles. The number of rotatable bonds is 9. The first kappa shape index (κ1) is 24.1. The molecule has 8 nitrogen and oxygen atoms in total. The molecule has 5 rings (SSSR count). The van der Waals surface area contributed by atoms with Crippen LogP contribution < -0.4 is 28.1 Å². The van der Waals surface area contributed by atoms with Gasteiger partial charge in [0, 0.05) is 18.2 Å². The van der Waals surface area contributed by atoms with Crippen LogP contribution in [0.15, 0.2) is 60.9 Å². The molecule has 0 radical (unpaired) electrons. The molecule has 1 aliphatic carbocycles. The molecule has 0 bridgehead atoms. The Balaban J connectivity index is 1.42. The van der Waals surface area contributed by atoms with Gasteiger partial charge in [-0.25, -0.2) is 10.8 Å². The Morgan fingerprint density at radius 1 is 1.03 bits per heavy atom. The summed E-state index contributed by atoms with van der Waals surface area (Å²) in [7, 11) is 0. The molecule has 1 aliphatic rings. The number of nitrogens with two attached hydrogens (primary N) is 3. The molecule has 36 heavy (non-hydrogen) atoms. The summed E-state index contributed by atoms with van der Waals surface area (Å²) >= 11 is 0. The second-order valence-corrected chi connectivity index (χ2v) is 9.78. The van der Waals surface area contributed by atoms with Crippen molar-refractivity contribution in [1.82, 2.24) is 20.1 Å². The van der Waals surface area contributed by atoms with Crippen molar-refractivity contribution in [3.63, 3.8) is 0 Å². The highest BCUT2D eigenvalue weighted by Gasteiger charge is 2.22. The Hall–Kier alpha value is -3.62. The Morgan fingerprint density at radius 3 is 2.67 bits per heavy atom. The summed E-state index contributed by atoms with van der Waals surface area (Å²) in [6.45, 7) is 1.58. The van der Waals surface area contributed by atoms with Crippen molar-refractivity contribution in [3.8, 4) is 0 Å². The molecule has 1 fully saturated rings. The quantitative estimate of drug-likeness (QED) is 0.176. The fourth-order valence-corrected chi connectivity index (χ4v) is 5.48. The molecule has 2 aromatic carbocycles. The fraction of sp³-hybridized carbons (Fsp3) is 0.357. The van der Waals surface area contributed by atoms with Crippen LogP contribution in [-0.2, 0) is 6.54 Å². The lowest BCUT2D eigenvalue weighted by atomic mass is 9.89. The SMILES string of the molecule is NNc1nc(N)cc(C(CCNC2CCCCC2)c2cnn(Cc3cccc4ccccc34)c2)c1N. The number of pyridine rings is 1. The average molecular weight is 485 g/mol. The van der Waals surface area contributed by atoms with E-state index in [1.165, 1.54) is 48.4 Å². The van der Waals surface area contributed by atoms with Crippen LogP contribution in [0.25, 0.3) is 10.8 Å². The van der Waals surface area contributed by atoms with Crippen molar-refractivity contribution < 1.29 is 0 Å². The predicted molar refractivity (Wildman–Crippen MR) is 147 cm³/mol. The minimum atomic E-state index is 0.0137. The lowest BCUT2D eigenvalue weighted by Gasteiger charge is -2.25. The zero-order valence-electron chi connectivity index (χ0n) is 20.7. The highest BCUT2D eigenvalue weighted by molar-refractivity contribution is 5.85. The van der Waals surface area contributed by atoms with Crippen LogP contribution in [0.2, 0.25) is 0 Å². The highest BCUT2D eigenvalue weighted by Crippen LogP contribution is 2.36. The Bertz CT molecular complexity index is 1300. The van der Waals surface area contributed by atoms with Gasteiger partial charge in [0.2, 0.25) is 0 Å². The topological polar surface area (TPSA) is 133 Å². The van der Waals surface area contributed by atoms with Crippen molar-refractivity contribution in [1.29, 1.82) is 0 Å². The van der Waals surface area contributed by atoms with Crippen molar-refractivity contribution in [3.05, 3.63) is 77.6 Å². The van der Waals surface area contributed by atoms with Gasteiger partial charge in [-0.1, -0.05) is 61.7 Å². The zero-order valence-corrected chi connectivity index (χ0v) is 20.7. The van der Waals surface area contributed by atoms with Crippen LogP contribution in [0, 0.1) is 0 Å². The van der Waals surface area contributed by atoms with Gasteiger partial charge in [0.1, 0.15) is 5.82 Å². The monoisotopic (exact) mass is 484 g/mol. The Morgan fingerprint density at radius 2 is 1.83 bits per heavy atom. The normalized spacial score (nSPS) is 15.2. The van der Waals surface area contributed by atoms with Crippen LogP contribution in [0.1, 0.15) is 61.1 Å². The second-order valence-electron chi connectivity index (χ2n) is 9.78. The molecule has 1 saturated carbocycles. The largest absolute Gasteiger partial charge is 0.395 e. The van der Waals surface area contributed by atoms with Crippen LogP contribution >= 0.6 is 0 Å². The molecule has 0 saturated heterocycles. The van der Waals surface area contributed by atoms with Gasteiger partial charge in [-0.05, 0) is 59.3 Å². The van der Waals surface area contributed by atoms with E-state index in [9.17, 15) is 0 Å². The number of aromatic nitrogens is 3. The molecule has 0 spiro atoms. The van der Waals surface area contributed by atoms with Crippen LogP contribution in [0.4, 0.5) is 17.3 Å². The average Bonchev–Trinajstić information content (AvgIpc) is 3.37. The standard InChI is InChI=1S/C28H36N8/c29-26-15-25(27(30)28(34-26)35-31)24(13-14-32-22-10-2-1-3-11-22)21-16-33-36(18-21)17-20-9-6-8-19-7-4-5-12-23(19)20/h4-9,12,15-16,18,22,24,32H,1-3,10-11,13-14,17,30-31H2,(H3,29,34,35). The first-order chi connectivity index (χ1) is 17.6. The summed E-state index contributed by atoms with van der Waals surface area (Å²) in [6.07, 6.45) is 11.4. The number of nitrogens with one attached hydrogen (secondary N) is 2. The van der Waals surface area contributed by atoms with Gasteiger partial charge in [-0.15, -0.1) is 0 Å². The van der Waals surface area contributed by atoms with Gasteiger partial charge in [0.15, 0.2) is 5.82 Å². The van der Waals surface area contributed by atoms with Gasteiger partial charge in [-0.2, -0.15) is 5.10 Å². The second kappa shape index (κ2) is 11.0. The van der Waals surface area contributed by atoms with E-state index in [-0.39, 0.29) is 5.92 Å². The van der Waals surface area contributed by atoms with E-state index in [1.807, 2.05) is 16.9 Å². The highest BCUT2D eigenvalue weighted by atomic mass is 15.3. The summed E-state index contributed by atoms with van der Waals surface area (Å²) < 4.78 is 2.00. The molecule has 8 heteroatoms.